The molecule has 2 aliphatic rings. The Morgan fingerprint density at radius 1 is 1.12 bits per heavy atom. The first kappa shape index (κ1) is 13.4. The minimum atomic E-state index is 0.574. The van der Waals surface area contributed by atoms with Crippen molar-refractivity contribution in [3.05, 3.63) is 0 Å². The molecule has 0 bridgehead atoms. The Balaban J connectivity index is 1.43. The van der Waals surface area contributed by atoms with Crippen molar-refractivity contribution < 1.29 is 4.74 Å². The van der Waals surface area contributed by atoms with Gasteiger partial charge in [-0.2, -0.15) is 0 Å². The zero-order valence-corrected chi connectivity index (χ0v) is 11.4. The molecule has 0 heterocycles. The molecule has 100 valence electrons. The van der Waals surface area contributed by atoms with Gasteiger partial charge in [0.05, 0.1) is 6.10 Å². The maximum atomic E-state index is 6.01. The van der Waals surface area contributed by atoms with E-state index >= 15 is 0 Å². The van der Waals surface area contributed by atoms with Crippen LogP contribution >= 0.6 is 0 Å². The minimum Gasteiger partial charge on any atom is -0.378 e. The third kappa shape index (κ3) is 5.39. The Morgan fingerprint density at radius 3 is 2.76 bits per heavy atom. The molecule has 0 spiro atoms. The van der Waals surface area contributed by atoms with E-state index in [9.17, 15) is 0 Å². The smallest absolute Gasteiger partial charge is 0.0577 e. The van der Waals surface area contributed by atoms with E-state index in [2.05, 4.69) is 12.2 Å². The van der Waals surface area contributed by atoms with Gasteiger partial charge in [0.1, 0.15) is 0 Å². The molecule has 2 atom stereocenters. The molecule has 2 fully saturated rings. The Hall–Kier alpha value is -0.0800. The molecule has 2 unspecified atom stereocenters. The lowest BCUT2D eigenvalue weighted by atomic mass is 9.85. The molecule has 17 heavy (non-hydrogen) atoms. The highest BCUT2D eigenvalue weighted by Gasteiger charge is 2.21. The predicted molar refractivity (Wildman–Crippen MR) is 72.2 cm³/mol. The molecule has 1 N–H and O–H groups in total. The SMILES string of the molecule is CCC1CCCC(OCCCCNC2CC2)C1. The van der Waals surface area contributed by atoms with Gasteiger partial charge in [0, 0.05) is 12.6 Å². The van der Waals surface area contributed by atoms with Crippen LogP contribution in [0.15, 0.2) is 0 Å². The molecule has 0 amide bonds. The van der Waals surface area contributed by atoms with E-state index in [1.807, 2.05) is 0 Å². The van der Waals surface area contributed by atoms with Gasteiger partial charge >= 0.3 is 0 Å². The van der Waals surface area contributed by atoms with Gasteiger partial charge in [-0.1, -0.05) is 26.2 Å². The average molecular weight is 239 g/mol. The van der Waals surface area contributed by atoms with Crippen LogP contribution in [0.25, 0.3) is 0 Å². The van der Waals surface area contributed by atoms with Crippen molar-refractivity contribution in [2.45, 2.75) is 76.9 Å². The fourth-order valence-electron chi connectivity index (χ4n) is 2.83. The Labute approximate surface area is 107 Å². The van der Waals surface area contributed by atoms with Crippen molar-refractivity contribution >= 4 is 0 Å². The summed E-state index contributed by atoms with van der Waals surface area (Å²) in [4.78, 5) is 0. The van der Waals surface area contributed by atoms with Gasteiger partial charge in [-0.15, -0.1) is 0 Å². The van der Waals surface area contributed by atoms with Crippen LogP contribution in [-0.4, -0.2) is 25.3 Å². The Kier molecular flexibility index (Phi) is 5.79. The lowest BCUT2D eigenvalue weighted by Crippen LogP contribution is -2.23. The highest BCUT2D eigenvalue weighted by molar-refractivity contribution is 4.80. The third-order valence-electron chi connectivity index (χ3n) is 4.25. The summed E-state index contributed by atoms with van der Waals surface area (Å²) in [6.45, 7) is 4.49. The maximum absolute atomic E-state index is 6.01. The van der Waals surface area contributed by atoms with Gasteiger partial charge in [-0.3, -0.25) is 0 Å². The summed E-state index contributed by atoms with van der Waals surface area (Å²) in [5, 5.41) is 3.56. The zero-order valence-electron chi connectivity index (χ0n) is 11.4. The lowest BCUT2D eigenvalue weighted by Gasteiger charge is -2.28. The van der Waals surface area contributed by atoms with Crippen LogP contribution in [0, 0.1) is 5.92 Å². The van der Waals surface area contributed by atoms with Crippen molar-refractivity contribution in [3.8, 4) is 0 Å². The van der Waals surface area contributed by atoms with E-state index in [1.54, 1.807) is 0 Å². The summed E-state index contributed by atoms with van der Waals surface area (Å²) in [6.07, 6.45) is 12.7. The van der Waals surface area contributed by atoms with Gasteiger partial charge in [-0.25, -0.2) is 0 Å². The molecule has 0 radical (unpaired) electrons. The molecule has 0 aromatic heterocycles. The van der Waals surface area contributed by atoms with Crippen LogP contribution in [0.1, 0.15) is 64.7 Å². The standard InChI is InChI=1S/C15H29NO/c1-2-13-6-5-7-15(12-13)17-11-4-3-10-16-14-8-9-14/h13-16H,2-12H2,1H3. The molecule has 2 saturated carbocycles. The first-order valence-corrected chi connectivity index (χ1v) is 7.73. The summed E-state index contributed by atoms with van der Waals surface area (Å²) in [5.41, 5.74) is 0. The monoisotopic (exact) mass is 239 g/mol. The van der Waals surface area contributed by atoms with Crippen molar-refractivity contribution in [3.63, 3.8) is 0 Å². The summed E-state index contributed by atoms with van der Waals surface area (Å²) < 4.78 is 6.01. The molecule has 0 aromatic rings. The second-order valence-electron chi connectivity index (χ2n) is 5.87. The van der Waals surface area contributed by atoms with Crippen LogP contribution in [0.3, 0.4) is 0 Å². The fourth-order valence-corrected chi connectivity index (χ4v) is 2.83. The first-order chi connectivity index (χ1) is 8.38. The van der Waals surface area contributed by atoms with Gasteiger partial charge in [-0.05, 0) is 51.0 Å². The molecular formula is C15H29NO. The summed E-state index contributed by atoms with van der Waals surface area (Å²) >= 11 is 0. The topological polar surface area (TPSA) is 21.3 Å². The molecule has 2 rings (SSSR count). The normalized spacial score (nSPS) is 29.5. The predicted octanol–water partition coefficient (Wildman–Crippen LogP) is 3.50. The molecule has 2 aliphatic carbocycles. The average Bonchev–Trinajstić information content (AvgIpc) is 3.18. The lowest BCUT2D eigenvalue weighted by molar-refractivity contribution is 0.0109. The van der Waals surface area contributed by atoms with Crippen LogP contribution in [0.5, 0.6) is 0 Å². The van der Waals surface area contributed by atoms with Crippen LogP contribution in [-0.2, 0) is 4.74 Å². The highest BCUT2D eigenvalue weighted by Crippen LogP contribution is 2.28. The number of nitrogens with one attached hydrogen (secondary N) is 1. The van der Waals surface area contributed by atoms with E-state index in [4.69, 9.17) is 4.74 Å². The van der Waals surface area contributed by atoms with Crippen molar-refractivity contribution in [2.24, 2.45) is 5.92 Å². The number of hydrogen-bond donors (Lipinski definition) is 1. The quantitative estimate of drug-likeness (QED) is 0.655. The van der Waals surface area contributed by atoms with Gasteiger partial charge in [0.2, 0.25) is 0 Å². The van der Waals surface area contributed by atoms with Crippen LogP contribution < -0.4 is 5.32 Å². The molecular weight excluding hydrogens is 210 g/mol. The van der Waals surface area contributed by atoms with E-state index < -0.39 is 0 Å². The molecule has 2 heteroatoms. The fraction of sp³-hybridized carbons (Fsp3) is 1.00. The second kappa shape index (κ2) is 7.38. The van der Waals surface area contributed by atoms with Crippen LogP contribution in [0.4, 0.5) is 0 Å². The van der Waals surface area contributed by atoms with E-state index in [1.165, 1.54) is 64.3 Å². The molecule has 0 aliphatic heterocycles. The van der Waals surface area contributed by atoms with E-state index in [-0.39, 0.29) is 0 Å². The minimum absolute atomic E-state index is 0.574. The number of rotatable bonds is 8. The number of ether oxygens (including phenoxy) is 1. The Morgan fingerprint density at radius 2 is 2.00 bits per heavy atom. The van der Waals surface area contributed by atoms with Crippen molar-refractivity contribution in [1.82, 2.24) is 5.32 Å². The van der Waals surface area contributed by atoms with Crippen molar-refractivity contribution in [1.29, 1.82) is 0 Å². The van der Waals surface area contributed by atoms with Gasteiger partial charge < -0.3 is 10.1 Å². The number of hydrogen-bond acceptors (Lipinski definition) is 2. The third-order valence-corrected chi connectivity index (χ3v) is 4.25. The molecule has 2 nitrogen and oxygen atoms in total. The van der Waals surface area contributed by atoms with E-state index in [0.717, 1.165) is 18.6 Å². The Bertz CT molecular complexity index is 203. The van der Waals surface area contributed by atoms with Crippen LogP contribution in [0.2, 0.25) is 0 Å². The first-order valence-electron chi connectivity index (χ1n) is 7.73. The van der Waals surface area contributed by atoms with Crippen molar-refractivity contribution in [2.75, 3.05) is 13.2 Å². The summed E-state index contributed by atoms with van der Waals surface area (Å²) in [5.74, 6) is 0.935. The second-order valence-corrected chi connectivity index (χ2v) is 5.87. The summed E-state index contributed by atoms with van der Waals surface area (Å²) in [6, 6.07) is 0.861. The van der Waals surface area contributed by atoms with Gasteiger partial charge in [0.25, 0.3) is 0 Å². The molecule has 0 aromatic carbocycles. The van der Waals surface area contributed by atoms with Gasteiger partial charge in [0.15, 0.2) is 0 Å². The summed E-state index contributed by atoms with van der Waals surface area (Å²) in [7, 11) is 0. The largest absolute Gasteiger partial charge is 0.378 e. The highest BCUT2D eigenvalue weighted by atomic mass is 16.5. The maximum Gasteiger partial charge on any atom is 0.0577 e. The van der Waals surface area contributed by atoms with E-state index in [0.29, 0.717) is 6.10 Å². The number of unbranched alkanes of at least 4 members (excludes halogenated alkanes) is 1. The molecule has 0 saturated heterocycles. The zero-order chi connectivity index (χ0) is 11.9.